The summed E-state index contributed by atoms with van der Waals surface area (Å²) < 4.78 is 61.1. The molecule has 0 spiro atoms. The second-order valence-electron chi connectivity index (χ2n) is 24.9. The minimum atomic E-state index is -0.625. The molecular formula is C72H100O24S. The number of hydrogen-bond donors (Lipinski definition) is 0. The van der Waals surface area contributed by atoms with Gasteiger partial charge in [-0.15, -0.1) is 0 Å². The van der Waals surface area contributed by atoms with Crippen LogP contribution in [0.2, 0.25) is 0 Å². The summed E-state index contributed by atoms with van der Waals surface area (Å²) in [6.45, 7) is 31.2. The molecule has 8 fully saturated rings. The average Bonchev–Trinajstić information content (AvgIpc) is 1.69. The molecule has 25 heteroatoms. The lowest BCUT2D eigenvalue weighted by Crippen LogP contribution is -2.29. The van der Waals surface area contributed by atoms with Crippen LogP contribution >= 0.6 is 11.8 Å². The van der Waals surface area contributed by atoms with E-state index in [4.69, 9.17) is 28.4 Å². The second-order valence-corrected chi connectivity index (χ2v) is 26.0. The number of fused-ring (bicyclic) bond motifs is 2. The van der Waals surface area contributed by atoms with Crippen molar-refractivity contribution in [1.82, 2.24) is 0 Å². The molecule has 0 bridgehead atoms. The Kier molecular flexibility index (Phi) is 38.1. The van der Waals surface area contributed by atoms with Gasteiger partial charge in [0.2, 0.25) is 0 Å². The van der Waals surface area contributed by atoms with E-state index >= 15 is 0 Å². The van der Waals surface area contributed by atoms with Crippen LogP contribution in [0.5, 0.6) is 11.5 Å². The van der Waals surface area contributed by atoms with Crippen LogP contribution in [0.1, 0.15) is 188 Å². The van der Waals surface area contributed by atoms with E-state index in [9.17, 15) is 52.7 Å². The number of carbonyl (C=O) groups excluding carboxylic acids is 10. The Hall–Kier alpha value is -8.22. The van der Waals surface area contributed by atoms with Gasteiger partial charge in [-0.05, 0) is 134 Å². The van der Waals surface area contributed by atoms with Gasteiger partial charge < -0.3 is 60.9 Å². The van der Waals surface area contributed by atoms with Crippen molar-refractivity contribution < 1.29 is 109 Å². The highest BCUT2D eigenvalue weighted by atomic mass is 32.2. The normalized spacial score (nSPS) is 25.5. The number of hydrogen-bond acceptors (Lipinski definition) is 25. The number of benzene rings is 2. The lowest BCUT2D eigenvalue weighted by molar-refractivity contribution is -0.167. The predicted molar refractivity (Wildman–Crippen MR) is 356 cm³/mol. The molecule has 11 aliphatic heterocycles. The third kappa shape index (κ3) is 35.0. The number of carbonyl (C=O) groups is 10. The maximum Gasteiger partial charge on any atom is 0.518 e. The quantitative estimate of drug-likeness (QED) is 0.115. The van der Waals surface area contributed by atoms with Crippen LogP contribution < -0.4 is 15.3 Å². The molecule has 0 aliphatic carbocycles. The minimum absolute atomic E-state index is 0.0000926. The molecule has 3 aromatic rings. The Morgan fingerprint density at radius 1 is 0.443 bits per heavy atom. The van der Waals surface area contributed by atoms with Crippen molar-refractivity contribution in [1.29, 1.82) is 0 Å². The van der Waals surface area contributed by atoms with Crippen molar-refractivity contribution in [3.05, 3.63) is 106 Å². The SMILES string of the molecule is C=C1CC=C(C)O1.CC1CC(=O)O1.CC1CC(=O)Oc2ccccc21.CC1CCCC(=O)O1.CC1CCCOC1=O.CC1CCOC(=O)C1.CC1CCOC1=O.CC1CCSC1=O.CC1COC(=O)C1.CC1COC(=O)O1.CC1Cc2ccccc2OC1=O.Cc1oc(=O)oc1C. The number of cyclic esters (lactones) is 8. The van der Waals surface area contributed by atoms with Crippen LogP contribution in [0.25, 0.3) is 0 Å². The number of ether oxygens (including phenoxy) is 11. The van der Waals surface area contributed by atoms with Crippen LogP contribution in [-0.2, 0) is 92.2 Å². The van der Waals surface area contributed by atoms with Gasteiger partial charge in [0.25, 0.3) is 0 Å². The molecule has 11 aliphatic rings. The molecule has 10 unspecified atom stereocenters. The molecular weight excluding hydrogens is 1280 g/mol. The summed E-state index contributed by atoms with van der Waals surface area (Å²) in [7, 11) is 0. The first kappa shape index (κ1) is 83.0. The van der Waals surface area contributed by atoms with Crippen LogP contribution in [-0.4, -0.2) is 116 Å². The summed E-state index contributed by atoms with van der Waals surface area (Å²) in [6, 6.07) is 15.4. The second kappa shape index (κ2) is 44.6. The predicted octanol–water partition coefficient (Wildman–Crippen LogP) is 12.9. The molecule has 8 saturated heterocycles. The van der Waals surface area contributed by atoms with Gasteiger partial charge in [0, 0.05) is 36.9 Å². The Labute approximate surface area is 573 Å². The third-order valence-corrected chi connectivity index (χ3v) is 16.4. The van der Waals surface area contributed by atoms with Crippen LogP contribution in [0, 0.1) is 49.4 Å². The number of thioether (sulfide) groups is 1. The molecule has 2 aromatic carbocycles. The molecule has 0 N–H and O–H groups in total. The first-order chi connectivity index (χ1) is 45.9. The Balaban J connectivity index is 0.000000277. The number of aryl methyl sites for hydroxylation is 2. The molecule has 1 aromatic heterocycles. The van der Waals surface area contributed by atoms with Gasteiger partial charge in [0.15, 0.2) is 5.12 Å². The van der Waals surface area contributed by atoms with Crippen LogP contribution in [0.3, 0.4) is 0 Å². The molecule has 97 heavy (non-hydrogen) atoms. The lowest BCUT2D eigenvalue weighted by Gasteiger charge is -2.20. The van der Waals surface area contributed by atoms with Gasteiger partial charge in [-0.3, -0.25) is 43.2 Å². The summed E-state index contributed by atoms with van der Waals surface area (Å²) in [5.74, 6) is 6.21. The lowest BCUT2D eigenvalue weighted by atomic mass is 9.95. The smallest absolute Gasteiger partial charge is 0.467 e. The fourth-order valence-corrected chi connectivity index (χ4v) is 10.2. The maximum atomic E-state index is 11.1. The Morgan fingerprint density at radius 2 is 1.04 bits per heavy atom. The fourth-order valence-electron chi connectivity index (χ4n) is 9.10. The molecule has 0 saturated carbocycles. The van der Waals surface area contributed by atoms with Gasteiger partial charge in [0.1, 0.15) is 47.6 Å². The van der Waals surface area contributed by atoms with Crippen molar-refractivity contribution in [3.63, 3.8) is 0 Å². The summed E-state index contributed by atoms with van der Waals surface area (Å²) in [5.41, 5.74) is 2.27. The van der Waals surface area contributed by atoms with Crippen LogP contribution in [0.15, 0.2) is 86.3 Å². The summed E-state index contributed by atoms with van der Waals surface area (Å²) in [4.78, 5) is 115. The zero-order chi connectivity index (χ0) is 72.1. The average molecular weight is 1380 g/mol. The van der Waals surface area contributed by atoms with Gasteiger partial charge in [0.05, 0.1) is 75.3 Å². The van der Waals surface area contributed by atoms with Crippen LogP contribution in [0.4, 0.5) is 4.79 Å². The van der Waals surface area contributed by atoms with E-state index < -0.39 is 12.0 Å². The Morgan fingerprint density at radius 3 is 1.39 bits per heavy atom. The molecule has 0 amide bonds. The van der Waals surface area contributed by atoms with E-state index in [1.807, 2.05) is 117 Å². The first-order valence-corrected chi connectivity index (χ1v) is 34.1. The summed E-state index contributed by atoms with van der Waals surface area (Å²) in [6.07, 6.45) is 13.5. The number of para-hydroxylation sites is 2. The van der Waals surface area contributed by atoms with E-state index in [0.717, 1.165) is 97.7 Å². The molecule has 538 valence electrons. The van der Waals surface area contributed by atoms with Crippen molar-refractivity contribution in [3.8, 4) is 11.5 Å². The molecule has 24 nitrogen and oxygen atoms in total. The van der Waals surface area contributed by atoms with E-state index in [2.05, 4.69) is 46.0 Å². The van der Waals surface area contributed by atoms with E-state index in [0.29, 0.717) is 105 Å². The zero-order valence-corrected chi connectivity index (χ0v) is 59.3. The largest absolute Gasteiger partial charge is 0.518 e. The topological polar surface area (TPSA) is 316 Å². The first-order valence-electron chi connectivity index (χ1n) is 33.1. The van der Waals surface area contributed by atoms with Gasteiger partial charge in [-0.2, -0.15) is 0 Å². The summed E-state index contributed by atoms with van der Waals surface area (Å²) >= 11 is 1.47. The number of allylic oxidation sites excluding steroid dienone is 2. The standard InChI is InChI=1S/2C10H10O2.3C6H10O2.C6H8O.C5H6O3.2C5H8O2.C5H8OS.C4H6O3.C4H6O2/c1-7-6-10(11)12-9-5-3-2-4-8(7)9;1-7-6-8-4-2-3-5-9(8)12-10(7)11;1-5-2-3-8-6(7)4-5;1-5-3-2-4-8-6(5)7;1-5-3-2-4-6(7)8-5;1-5-3-4-6(2)7-5;1-3-4(2)8-5(6)7-3;1-4-2-5(6)7-3-4;2*1-4-2-3-7-5(4)6;1-3-2-6-4(5)7-3;1-3-2-4(5)6-3/h2*2-5,7H,6H2,1H3;3*5H,2-4H2,1H3;4H,1,3H2,2H3;1-2H3;3*4H,2-3H2,1H3;3H,2H2,1H3;3H,2H2,1H3. The fraction of sp³-hybridized carbons (Fsp3) is 0.597. The van der Waals surface area contributed by atoms with Crippen molar-refractivity contribution in [2.75, 3.05) is 38.8 Å². The zero-order valence-electron chi connectivity index (χ0n) is 58.5. The summed E-state index contributed by atoms with van der Waals surface area (Å²) in [5, 5.41) is 0.375. The maximum absolute atomic E-state index is 11.1. The van der Waals surface area contributed by atoms with E-state index in [1.165, 1.54) is 11.8 Å². The van der Waals surface area contributed by atoms with Crippen molar-refractivity contribution >= 4 is 70.8 Å². The number of rotatable bonds is 0. The molecule has 12 heterocycles. The highest BCUT2D eigenvalue weighted by Crippen LogP contribution is 2.33. The highest BCUT2D eigenvalue weighted by Gasteiger charge is 2.27. The molecule has 10 atom stereocenters. The minimum Gasteiger partial charge on any atom is -0.467 e. The Bertz CT molecular complexity index is 3030. The van der Waals surface area contributed by atoms with Gasteiger partial charge in [-0.25, -0.2) is 9.59 Å². The molecule has 0 radical (unpaired) electrons. The number of esters is 8. The highest BCUT2D eigenvalue weighted by molar-refractivity contribution is 8.14. The molecule has 14 rings (SSSR count). The monoisotopic (exact) mass is 1380 g/mol. The van der Waals surface area contributed by atoms with Gasteiger partial charge >= 0.3 is 59.7 Å². The van der Waals surface area contributed by atoms with Crippen molar-refractivity contribution in [2.24, 2.45) is 35.5 Å². The van der Waals surface area contributed by atoms with E-state index in [1.54, 1.807) is 20.8 Å². The van der Waals surface area contributed by atoms with E-state index in [-0.39, 0.29) is 83.8 Å². The third-order valence-electron chi connectivity index (χ3n) is 15.2. The van der Waals surface area contributed by atoms with Gasteiger partial charge in [-0.1, -0.05) is 103 Å². The van der Waals surface area contributed by atoms with Crippen molar-refractivity contribution in [2.45, 2.75) is 204 Å².